The fourth-order valence-electron chi connectivity index (χ4n) is 1.83. The van der Waals surface area contributed by atoms with E-state index >= 15 is 0 Å². The average molecular weight is 337 g/mol. The van der Waals surface area contributed by atoms with E-state index in [1.807, 2.05) is 37.3 Å². The summed E-state index contributed by atoms with van der Waals surface area (Å²) in [6.45, 7) is 2.83. The molecule has 0 fully saturated rings. The summed E-state index contributed by atoms with van der Waals surface area (Å²) >= 11 is 3.48. The van der Waals surface area contributed by atoms with E-state index in [0.29, 0.717) is 13.2 Å². The maximum absolute atomic E-state index is 5.77. The van der Waals surface area contributed by atoms with Gasteiger partial charge in [-0.05, 0) is 40.5 Å². The molecule has 2 aromatic rings. The van der Waals surface area contributed by atoms with Crippen molar-refractivity contribution in [3.05, 3.63) is 51.8 Å². The highest BCUT2D eigenvalue weighted by Crippen LogP contribution is 2.27. The second-order valence-corrected chi connectivity index (χ2v) is 5.25. The highest BCUT2D eigenvalue weighted by Gasteiger charge is 2.05. The van der Waals surface area contributed by atoms with Crippen molar-refractivity contribution in [2.45, 2.75) is 20.1 Å². The van der Waals surface area contributed by atoms with Gasteiger partial charge in [-0.15, -0.1) is 0 Å². The molecule has 0 unspecified atom stereocenters. The van der Waals surface area contributed by atoms with Crippen LogP contribution in [-0.2, 0) is 13.2 Å². The van der Waals surface area contributed by atoms with Crippen LogP contribution in [-0.4, -0.2) is 12.1 Å². The van der Waals surface area contributed by atoms with Crippen LogP contribution in [0.2, 0.25) is 0 Å². The van der Waals surface area contributed by atoms with Crippen LogP contribution in [0.25, 0.3) is 0 Å². The van der Waals surface area contributed by atoms with Crippen LogP contribution in [0.15, 0.2) is 34.8 Å². The number of rotatable bonds is 5. The minimum atomic E-state index is 0.388. The highest BCUT2D eigenvalue weighted by molar-refractivity contribution is 9.10. The lowest BCUT2D eigenvalue weighted by Gasteiger charge is -2.10. The zero-order valence-corrected chi connectivity index (χ0v) is 13.1. The van der Waals surface area contributed by atoms with E-state index in [1.165, 1.54) is 0 Å². The first-order chi connectivity index (χ1) is 9.62. The number of aryl methyl sites for hydroxylation is 1. The van der Waals surface area contributed by atoms with Gasteiger partial charge in [0.2, 0.25) is 0 Å². The van der Waals surface area contributed by atoms with Crippen LogP contribution in [0.5, 0.6) is 11.5 Å². The molecule has 0 aliphatic heterocycles. The Morgan fingerprint density at radius 2 is 2.05 bits per heavy atom. The van der Waals surface area contributed by atoms with E-state index in [2.05, 4.69) is 20.9 Å². The molecule has 106 valence electrons. The molecule has 0 amide bonds. The molecule has 0 saturated heterocycles. The summed E-state index contributed by atoms with van der Waals surface area (Å²) in [6.07, 6.45) is 0. The number of hydrogen-bond donors (Lipinski definition) is 1. The Kier molecular flexibility index (Phi) is 4.98. The topological polar surface area (TPSA) is 57.4 Å². The largest absolute Gasteiger partial charge is 0.497 e. The standard InChI is InChI=1S/C15H17BrN2O2/c1-10-5-13(19-2)7-12(18-10)9-20-15-4-3-11(8-17)6-14(15)16/h3-7H,8-9,17H2,1-2H3. The number of hydrogen-bond acceptors (Lipinski definition) is 4. The van der Waals surface area contributed by atoms with E-state index in [0.717, 1.165) is 32.9 Å². The molecule has 20 heavy (non-hydrogen) atoms. The van der Waals surface area contributed by atoms with Crippen molar-refractivity contribution in [1.82, 2.24) is 4.98 Å². The smallest absolute Gasteiger partial charge is 0.134 e. The monoisotopic (exact) mass is 336 g/mol. The van der Waals surface area contributed by atoms with E-state index in [-0.39, 0.29) is 0 Å². The molecule has 5 heteroatoms. The van der Waals surface area contributed by atoms with Crippen LogP contribution in [0.3, 0.4) is 0 Å². The fraction of sp³-hybridized carbons (Fsp3) is 0.267. The molecule has 2 rings (SSSR count). The summed E-state index contributed by atoms with van der Waals surface area (Å²) in [5.41, 5.74) is 8.39. The van der Waals surface area contributed by atoms with Crippen molar-refractivity contribution < 1.29 is 9.47 Å². The maximum atomic E-state index is 5.77. The molecule has 0 spiro atoms. The lowest BCUT2D eigenvalue weighted by atomic mass is 10.2. The van der Waals surface area contributed by atoms with E-state index in [1.54, 1.807) is 7.11 Å². The lowest BCUT2D eigenvalue weighted by Crippen LogP contribution is -2.02. The van der Waals surface area contributed by atoms with Gasteiger partial charge in [-0.2, -0.15) is 0 Å². The van der Waals surface area contributed by atoms with Gasteiger partial charge in [0.05, 0.1) is 17.3 Å². The third-order valence-corrected chi connectivity index (χ3v) is 3.44. The summed E-state index contributed by atoms with van der Waals surface area (Å²) in [5.74, 6) is 1.55. The molecule has 0 radical (unpaired) electrons. The summed E-state index contributed by atoms with van der Waals surface area (Å²) < 4.78 is 11.9. The van der Waals surface area contributed by atoms with Crippen molar-refractivity contribution in [3.63, 3.8) is 0 Å². The summed E-state index contributed by atoms with van der Waals surface area (Å²) in [4.78, 5) is 4.42. The van der Waals surface area contributed by atoms with E-state index < -0.39 is 0 Å². The highest BCUT2D eigenvalue weighted by atomic mass is 79.9. The Morgan fingerprint density at radius 1 is 1.25 bits per heavy atom. The Balaban J connectivity index is 2.10. The molecule has 1 heterocycles. The van der Waals surface area contributed by atoms with E-state index in [9.17, 15) is 0 Å². The lowest BCUT2D eigenvalue weighted by molar-refractivity contribution is 0.298. The zero-order chi connectivity index (χ0) is 14.5. The number of halogens is 1. The van der Waals surface area contributed by atoms with Gasteiger partial charge in [-0.1, -0.05) is 6.07 Å². The third kappa shape index (κ3) is 3.71. The summed E-state index contributed by atoms with van der Waals surface area (Å²) in [6, 6.07) is 9.56. The first-order valence-electron chi connectivity index (χ1n) is 6.25. The second-order valence-electron chi connectivity index (χ2n) is 4.40. The number of methoxy groups -OCH3 is 1. The zero-order valence-electron chi connectivity index (χ0n) is 11.5. The predicted molar refractivity (Wildman–Crippen MR) is 81.9 cm³/mol. The van der Waals surface area contributed by atoms with Crippen molar-refractivity contribution in [2.24, 2.45) is 5.73 Å². The van der Waals surface area contributed by atoms with Gasteiger partial charge in [0.25, 0.3) is 0 Å². The number of aromatic nitrogens is 1. The van der Waals surface area contributed by atoms with Crippen LogP contribution in [0.4, 0.5) is 0 Å². The van der Waals surface area contributed by atoms with Gasteiger partial charge < -0.3 is 15.2 Å². The first-order valence-corrected chi connectivity index (χ1v) is 7.04. The molecule has 0 atom stereocenters. The van der Waals surface area contributed by atoms with Crippen LogP contribution >= 0.6 is 15.9 Å². The normalized spacial score (nSPS) is 10.4. The van der Waals surface area contributed by atoms with Crippen molar-refractivity contribution in [2.75, 3.05) is 7.11 Å². The minimum absolute atomic E-state index is 0.388. The summed E-state index contributed by atoms with van der Waals surface area (Å²) in [7, 11) is 1.64. The van der Waals surface area contributed by atoms with Crippen LogP contribution in [0.1, 0.15) is 17.0 Å². The molecule has 1 aromatic carbocycles. The van der Waals surface area contributed by atoms with Crippen LogP contribution in [0, 0.1) is 6.92 Å². The van der Waals surface area contributed by atoms with Gasteiger partial charge in [-0.25, -0.2) is 0 Å². The van der Waals surface area contributed by atoms with Gasteiger partial charge >= 0.3 is 0 Å². The van der Waals surface area contributed by atoms with Gasteiger partial charge in [0, 0.05) is 24.4 Å². The predicted octanol–water partition coefficient (Wildman–Crippen LogP) is 3.20. The molecule has 0 aliphatic carbocycles. The second kappa shape index (κ2) is 6.72. The maximum Gasteiger partial charge on any atom is 0.134 e. The van der Waals surface area contributed by atoms with Crippen molar-refractivity contribution >= 4 is 15.9 Å². The quantitative estimate of drug-likeness (QED) is 0.910. The number of nitrogens with zero attached hydrogens (tertiary/aromatic N) is 1. The summed E-state index contributed by atoms with van der Waals surface area (Å²) in [5, 5.41) is 0. The molecule has 2 N–H and O–H groups in total. The van der Waals surface area contributed by atoms with Crippen LogP contribution < -0.4 is 15.2 Å². The fourth-order valence-corrected chi connectivity index (χ4v) is 2.38. The van der Waals surface area contributed by atoms with Gasteiger partial charge in [-0.3, -0.25) is 4.98 Å². The molecular weight excluding hydrogens is 320 g/mol. The Morgan fingerprint density at radius 3 is 2.70 bits per heavy atom. The number of ether oxygens (including phenoxy) is 2. The van der Waals surface area contributed by atoms with Gasteiger partial charge in [0.15, 0.2) is 0 Å². The van der Waals surface area contributed by atoms with Gasteiger partial charge in [0.1, 0.15) is 18.1 Å². The molecule has 0 aliphatic rings. The molecule has 4 nitrogen and oxygen atoms in total. The number of nitrogens with two attached hydrogens (primary N) is 1. The molecule has 1 aromatic heterocycles. The molecule has 0 bridgehead atoms. The van der Waals surface area contributed by atoms with E-state index in [4.69, 9.17) is 15.2 Å². The number of pyridine rings is 1. The first kappa shape index (κ1) is 14.8. The molecule has 0 saturated carbocycles. The Hall–Kier alpha value is -1.59. The average Bonchev–Trinajstić information content (AvgIpc) is 2.45. The Bertz CT molecular complexity index is 602. The molecular formula is C15H17BrN2O2. The minimum Gasteiger partial charge on any atom is -0.497 e. The SMILES string of the molecule is COc1cc(C)nc(COc2ccc(CN)cc2Br)c1. The number of benzene rings is 1. The Labute approximate surface area is 127 Å². The van der Waals surface area contributed by atoms with Crippen molar-refractivity contribution in [1.29, 1.82) is 0 Å². The van der Waals surface area contributed by atoms with Crippen molar-refractivity contribution in [3.8, 4) is 11.5 Å². The third-order valence-electron chi connectivity index (χ3n) is 2.82.